The van der Waals surface area contributed by atoms with Gasteiger partial charge in [-0.1, -0.05) is 0 Å². The highest BCUT2D eigenvalue weighted by atomic mass is 19.1. The summed E-state index contributed by atoms with van der Waals surface area (Å²) in [4.78, 5) is 23.0. The van der Waals surface area contributed by atoms with Crippen LogP contribution in [-0.2, 0) is 9.53 Å². The first-order valence-electron chi connectivity index (χ1n) is 6.94. The Morgan fingerprint density at radius 3 is 2.17 bits per heavy atom. The number of rotatable bonds is 5. The van der Waals surface area contributed by atoms with Crippen molar-refractivity contribution in [3.63, 3.8) is 0 Å². The predicted molar refractivity (Wildman–Crippen MR) is 84.5 cm³/mol. The van der Waals surface area contributed by atoms with Crippen LogP contribution in [0.25, 0.3) is 6.08 Å². The van der Waals surface area contributed by atoms with E-state index < -0.39 is 29.2 Å². The van der Waals surface area contributed by atoms with E-state index in [2.05, 4.69) is 5.32 Å². The maximum atomic E-state index is 14.1. The van der Waals surface area contributed by atoms with E-state index >= 15 is 0 Å². The molecule has 0 spiro atoms. The molecule has 0 saturated carbocycles. The Hall–Kier alpha value is -2.77. The highest BCUT2D eigenvalue weighted by Gasteiger charge is 2.20. The van der Waals surface area contributed by atoms with Crippen molar-refractivity contribution in [3.05, 3.63) is 29.2 Å². The van der Waals surface area contributed by atoms with Gasteiger partial charge in [0.2, 0.25) is 0 Å². The largest absolute Gasteiger partial charge is 0.493 e. The zero-order valence-corrected chi connectivity index (χ0v) is 14.1. The Balaban J connectivity index is 3.17. The van der Waals surface area contributed by atoms with Crippen molar-refractivity contribution in [1.29, 1.82) is 0 Å². The molecule has 0 heterocycles. The van der Waals surface area contributed by atoms with Gasteiger partial charge >= 0.3 is 12.1 Å². The third kappa shape index (κ3) is 5.45. The fraction of sp³-hybridized carbons (Fsp3) is 0.375. The number of carbonyl (C=O) groups is 2. The van der Waals surface area contributed by atoms with Gasteiger partial charge in [0.15, 0.2) is 11.5 Å². The molecule has 0 saturated heterocycles. The molecule has 0 aliphatic rings. The van der Waals surface area contributed by atoms with E-state index in [1.807, 2.05) is 0 Å². The molecule has 1 rings (SSSR count). The minimum atomic E-state index is -1.45. The molecule has 1 aromatic rings. The highest BCUT2D eigenvalue weighted by Crippen LogP contribution is 2.30. The van der Waals surface area contributed by atoms with Crippen molar-refractivity contribution in [2.45, 2.75) is 26.4 Å². The molecule has 0 radical (unpaired) electrons. The first-order valence-corrected chi connectivity index (χ1v) is 6.94. The van der Waals surface area contributed by atoms with Crippen LogP contribution in [0.1, 0.15) is 26.3 Å². The molecule has 7 nitrogen and oxygen atoms in total. The molecule has 0 fully saturated rings. The van der Waals surface area contributed by atoms with Crippen molar-refractivity contribution in [1.82, 2.24) is 5.32 Å². The fourth-order valence-electron chi connectivity index (χ4n) is 1.70. The Labute approximate surface area is 139 Å². The van der Waals surface area contributed by atoms with E-state index in [0.29, 0.717) is 0 Å². The van der Waals surface area contributed by atoms with Gasteiger partial charge in [0.1, 0.15) is 17.1 Å². The van der Waals surface area contributed by atoms with Gasteiger partial charge in [-0.2, -0.15) is 0 Å². The molecule has 1 aromatic carbocycles. The first kappa shape index (κ1) is 19.3. The Bertz CT molecular complexity index is 663. The molecule has 0 unspecified atom stereocenters. The topological polar surface area (TPSA) is 94.1 Å². The van der Waals surface area contributed by atoms with Crippen LogP contribution in [-0.4, -0.2) is 37.0 Å². The Kier molecular flexibility index (Phi) is 6.16. The lowest BCUT2D eigenvalue weighted by Gasteiger charge is -2.19. The quantitative estimate of drug-likeness (QED) is 0.800. The van der Waals surface area contributed by atoms with Crippen LogP contribution < -0.4 is 14.8 Å². The number of halogens is 1. The summed E-state index contributed by atoms with van der Waals surface area (Å²) in [6, 6.07) is 2.31. The zero-order chi connectivity index (χ0) is 18.5. The van der Waals surface area contributed by atoms with Gasteiger partial charge < -0.3 is 19.3 Å². The first-order chi connectivity index (χ1) is 11.1. The van der Waals surface area contributed by atoms with E-state index in [1.54, 1.807) is 20.8 Å². The van der Waals surface area contributed by atoms with Crippen LogP contribution >= 0.6 is 0 Å². The number of methoxy groups -OCH3 is 2. The minimum absolute atomic E-state index is 0.0962. The van der Waals surface area contributed by atoms with Gasteiger partial charge in [-0.05, 0) is 32.9 Å². The van der Waals surface area contributed by atoms with E-state index in [0.717, 1.165) is 12.1 Å². The van der Waals surface area contributed by atoms with Gasteiger partial charge in [0, 0.05) is 11.6 Å². The van der Waals surface area contributed by atoms with E-state index in [-0.39, 0.29) is 17.1 Å². The molecule has 1 amide bonds. The number of alkyl carbamates (subject to hydrolysis) is 1. The smallest absolute Gasteiger partial charge is 0.412 e. The summed E-state index contributed by atoms with van der Waals surface area (Å²) >= 11 is 0. The molecule has 24 heavy (non-hydrogen) atoms. The molecule has 132 valence electrons. The monoisotopic (exact) mass is 341 g/mol. The maximum Gasteiger partial charge on any atom is 0.412 e. The average molecular weight is 341 g/mol. The van der Waals surface area contributed by atoms with E-state index in [4.69, 9.17) is 14.2 Å². The lowest BCUT2D eigenvalue weighted by atomic mass is 10.1. The lowest BCUT2D eigenvalue weighted by Crippen LogP contribution is -2.34. The van der Waals surface area contributed by atoms with Gasteiger partial charge in [0.25, 0.3) is 0 Å². The van der Waals surface area contributed by atoms with Crippen molar-refractivity contribution in [2.75, 3.05) is 14.2 Å². The standard InChI is InChI=1S/C16H20FNO6/c1-16(2,3)24-15(21)18-11(14(19)20)6-9-7-12(22-4)13(23-5)8-10(9)17/h6-8H,1-5H3,(H,18,21)(H,19,20). The fourth-order valence-corrected chi connectivity index (χ4v) is 1.70. The molecule has 0 atom stereocenters. The number of carboxylic acids is 1. The molecular weight excluding hydrogens is 321 g/mol. The third-order valence-corrected chi connectivity index (χ3v) is 2.67. The maximum absolute atomic E-state index is 14.1. The number of benzene rings is 1. The molecule has 0 aromatic heterocycles. The predicted octanol–water partition coefficient (Wildman–Crippen LogP) is 2.79. The average Bonchev–Trinajstić information content (AvgIpc) is 2.45. The summed E-state index contributed by atoms with van der Waals surface area (Å²) in [5, 5.41) is 11.3. The number of carbonyl (C=O) groups excluding carboxylic acids is 1. The molecule has 0 bridgehead atoms. The summed E-state index contributed by atoms with van der Waals surface area (Å²) < 4.78 is 29.0. The molecule has 2 N–H and O–H groups in total. The summed E-state index contributed by atoms with van der Waals surface area (Å²) in [6.45, 7) is 4.89. The summed E-state index contributed by atoms with van der Waals surface area (Å²) in [6.07, 6.45) is 0.000773. The van der Waals surface area contributed by atoms with Crippen molar-refractivity contribution in [2.24, 2.45) is 0 Å². The lowest BCUT2D eigenvalue weighted by molar-refractivity contribution is -0.133. The van der Waals surface area contributed by atoms with Crippen LogP contribution in [0.15, 0.2) is 17.8 Å². The number of ether oxygens (including phenoxy) is 3. The van der Waals surface area contributed by atoms with Gasteiger partial charge in [0.05, 0.1) is 14.2 Å². The third-order valence-electron chi connectivity index (χ3n) is 2.67. The van der Waals surface area contributed by atoms with Crippen molar-refractivity contribution >= 4 is 18.1 Å². The Morgan fingerprint density at radius 2 is 1.71 bits per heavy atom. The summed E-state index contributed by atoms with van der Waals surface area (Å²) in [5.74, 6) is -1.82. The molecule has 8 heteroatoms. The minimum Gasteiger partial charge on any atom is -0.493 e. The number of carboxylic acid groups (broad SMARTS) is 1. The summed E-state index contributed by atoms with van der Waals surface area (Å²) in [7, 11) is 2.71. The SMILES string of the molecule is COc1cc(F)c(C=C(NC(=O)OC(C)(C)C)C(=O)O)cc1OC. The number of amides is 1. The molecule has 0 aliphatic heterocycles. The van der Waals surface area contributed by atoms with Crippen molar-refractivity contribution in [3.8, 4) is 11.5 Å². The second-order valence-electron chi connectivity index (χ2n) is 5.72. The van der Waals surface area contributed by atoms with E-state index in [9.17, 15) is 19.1 Å². The van der Waals surface area contributed by atoms with Crippen molar-refractivity contribution < 1.29 is 33.3 Å². The second kappa shape index (κ2) is 7.67. The van der Waals surface area contributed by atoms with Crippen LogP contribution in [0.5, 0.6) is 11.5 Å². The van der Waals surface area contributed by atoms with Crippen LogP contribution in [0, 0.1) is 5.82 Å². The number of nitrogens with one attached hydrogen (secondary N) is 1. The number of hydrogen-bond acceptors (Lipinski definition) is 5. The van der Waals surface area contributed by atoms with Gasteiger partial charge in [-0.15, -0.1) is 0 Å². The van der Waals surface area contributed by atoms with Crippen LogP contribution in [0.2, 0.25) is 0 Å². The molecule has 0 aliphatic carbocycles. The normalized spacial score (nSPS) is 11.7. The number of aliphatic carboxylic acids is 1. The van der Waals surface area contributed by atoms with Gasteiger partial charge in [-0.3, -0.25) is 5.32 Å². The molecular formula is C16H20FNO6. The second-order valence-corrected chi connectivity index (χ2v) is 5.72. The zero-order valence-electron chi connectivity index (χ0n) is 14.1. The highest BCUT2D eigenvalue weighted by molar-refractivity contribution is 5.95. The van der Waals surface area contributed by atoms with E-state index in [1.165, 1.54) is 20.3 Å². The van der Waals surface area contributed by atoms with Crippen LogP contribution in [0.4, 0.5) is 9.18 Å². The van der Waals surface area contributed by atoms with Gasteiger partial charge in [-0.25, -0.2) is 14.0 Å². The Morgan fingerprint density at radius 1 is 1.17 bits per heavy atom. The number of hydrogen-bond donors (Lipinski definition) is 2. The van der Waals surface area contributed by atoms with Crippen LogP contribution in [0.3, 0.4) is 0 Å². The summed E-state index contributed by atoms with van der Waals surface area (Å²) in [5.41, 5.74) is -1.45.